The summed E-state index contributed by atoms with van der Waals surface area (Å²) in [6.45, 7) is 0. The maximum atomic E-state index is 11.5. The Bertz CT molecular complexity index is 181. The Morgan fingerprint density at radius 3 is 2.27 bits per heavy atom. The van der Waals surface area contributed by atoms with Crippen LogP contribution in [0.1, 0.15) is 0 Å². The number of ether oxygens (including phenoxy) is 1. The third-order valence-electron chi connectivity index (χ3n) is 1.09. The van der Waals surface area contributed by atoms with Gasteiger partial charge in [0.25, 0.3) is 0 Å². The van der Waals surface area contributed by atoms with Crippen LogP contribution < -0.4 is 0 Å². The standard InChI is InChI=1S/C7H6F3O/c8-7(9,10)11-6-4-2-1-3-5-6/h1-6H. The van der Waals surface area contributed by atoms with Gasteiger partial charge >= 0.3 is 6.36 Å². The maximum Gasteiger partial charge on any atom is 0.523 e. The average Bonchev–Trinajstić information content (AvgIpc) is 1.85. The van der Waals surface area contributed by atoms with E-state index in [0.29, 0.717) is 0 Å². The summed E-state index contributed by atoms with van der Waals surface area (Å²) in [5, 5.41) is 0. The molecular weight excluding hydrogens is 157 g/mol. The Labute approximate surface area is 62.2 Å². The highest BCUT2D eigenvalue weighted by Crippen LogP contribution is 2.21. The van der Waals surface area contributed by atoms with Crippen molar-refractivity contribution in [3.8, 4) is 0 Å². The lowest BCUT2D eigenvalue weighted by atomic mass is 10.1. The average molecular weight is 163 g/mol. The van der Waals surface area contributed by atoms with Gasteiger partial charge in [-0.1, -0.05) is 24.3 Å². The lowest BCUT2D eigenvalue weighted by Gasteiger charge is -2.15. The molecule has 0 saturated heterocycles. The molecule has 11 heavy (non-hydrogen) atoms. The molecule has 0 fully saturated rings. The van der Waals surface area contributed by atoms with Crippen molar-refractivity contribution in [3.63, 3.8) is 0 Å². The highest BCUT2D eigenvalue weighted by Gasteiger charge is 2.32. The van der Waals surface area contributed by atoms with Crippen LogP contribution in [-0.2, 0) is 4.74 Å². The summed E-state index contributed by atoms with van der Waals surface area (Å²) in [4.78, 5) is 0. The molecule has 0 aromatic carbocycles. The molecule has 1 atom stereocenters. The van der Waals surface area contributed by atoms with E-state index in [1.165, 1.54) is 24.6 Å². The highest BCUT2D eigenvalue weighted by atomic mass is 19.4. The largest absolute Gasteiger partial charge is 0.523 e. The van der Waals surface area contributed by atoms with E-state index in [1.807, 2.05) is 0 Å². The molecule has 1 aliphatic rings. The fourth-order valence-corrected chi connectivity index (χ4v) is 0.708. The van der Waals surface area contributed by atoms with Crippen molar-refractivity contribution in [2.45, 2.75) is 12.5 Å². The molecule has 1 nitrogen and oxygen atoms in total. The van der Waals surface area contributed by atoms with E-state index >= 15 is 0 Å². The summed E-state index contributed by atoms with van der Waals surface area (Å²) in [6.07, 6.45) is 1.78. The van der Waals surface area contributed by atoms with Gasteiger partial charge in [-0.25, -0.2) is 0 Å². The highest BCUT2D eigenvalue weighted by molar-refractivity contribution is 5.20. The third kappa shape index (κ3) is 3.23. The minimum atomic E-state index is -4.56. The van der Waals surface area contributed by atoms with Gasteiger partial charge in [0, 0.05) is 6.42 Å². The number of hydrogen-bond donors (Lipinski definition) is 0. The van der Waals surface area contributed by atoms with Crippen LogP contribution in [-0.4, -0.2) is 12.5 Å². The van der Waals surface area contributed by atoms with Gasteiger partial charge in [-0.05, 0) is 0 Å². The van der Waals surface area contributed by atoms with E-state index < -0.39 is 12.5 Å². The zero-order valence-electron chi connectivity index (χ0n) is 5.51. The monoisotopic (exact) mass is 163 g/mol. The summed E-state index contributed by atoms with van der Waals surface area (Å²) >= 11 is 0. The minimum absolute atomic E-state index is 0.972. The number of rotatable bonds is 1. The minimum Gasteiger partial charge on any atom is -0.284 e. The predicted molar refractivity (Wildman–Crippen MR) is 33.5 cm³/mol. The fraction of sp³-hybridized carbons (Fsp3) is 0.286. The van der Waals surface area contributed by atoms with Gasteiger partial charge in [-0.15, -0.1) is 13.2 Å². The zero-order chi connectivity index (χ0) is 8.32. The van der Waals surface area contributed by atoms with Crippen molar-refractivity contribution in [3.05, 3.63) is 30.7 Å². The zero-order valence-corrected chi connectivity index (χ0v) is 5.51. The van der Waals surface area contributed by atoms with E-state index in [1.54, 1.807) is 6.08 Å². The van der Waals surface area contributed by atoms with Gasteiger partial charge in [0.1, 0.15) is 0 Å². The van der Waals surface area contributed by atoms with Crippen molar-refractivity contribution in [2.75, 3.05) is 0 Å². The molecule has 0 aromatic rings. The Morgan fingerprint density at radius 1 is 1.09 bits per heavy atom. The quantitative estimate of drug-likeness (QED) is 0.575. The SMILES string of the molecule is FC(F)(F)OC1[CH]C=CC=C1. The second kappa shape index (κ2) is 3.09. The van der Waals surface area contributed by atoms with Gasteiger partial charge < -0.3 is 0 Å². The number of allylic oxidation sites excluding steroid dienone is 2. The predicted octanol–water partition coefficient (Wildman–Crippen LogP) is 2.22. The Hall–Kier alpha value is -0.770. The molecule has 0 spiro atoms. The molecule has 0 bridgehead atoms. The van der Waals surface area contributed by atoms with Gasteiger partial charge in [0.15, 0.2) is 0 Å². The van der Waals surface area contributed by atoms with Crippen molar-refractivity contribution in [1.82, 2.24) is 0 Å². The van der Waals surface area contributed by atoms with Crippen LogP contribution in [0.15, 0.2) is 24.3 Å². The summed E-state index contributed by atoms with van der Waals surface area (Å²) in [5.74, 6) is 0. The van der Waals surface area contributed by atoms with Gasteiger partial charge in [0.2, 0.25) is 0 Å². The van der Waals surface area contributed by atoms with E-state index in [-0.39, 0.29) is 0 Å². The number of halogens is 3. The Kier molecular flexibility index (Phi) is 2.34. The molecule has 0 amide bonds. The number of hydrogen-bond acceptors (Lipinski definition) is 1. The van der Waals surface area contributed by atoms with Crippen molar-refractivity contribution in [1.29, 1.82) is 0 Å². The lowest BCUT2D eigenvalue weighted by molar-refractivity contribution is -0.332. The fourth-order valence-electron chi connectivity index (χ4n) is 0.708. The van der Waals surface area contributed by atoms with Crippen LogP contribution in [0.3, 0.4) is 0 Å². The summed E-state index contributed by atoms with van der Waals surface area (Å²) in [6, 6.07) is 0. The van der Waals surface area contributed by atoms with Gasteiger partial charge in [-0.2, -0.15) is 0 Å². The molecule has 1 unspecified atom stereocenters. The molecule has 0 heterocycles. The first-order valence-corrected chi connectivity index (χ1v) is 3.01. The van der Waals surface area contributed by atoms with Crippen molar-refractivity contribution >= 4 is 0 Å². The Balaban J connectivity index is 2.39. The van der Waals surface area contributed by atoms with Crippen LogP contribution in [0.4, 0.5) is 13.2 Å². The van der Waals surface area contributed by atoms with E-state index in [2.05, 4.69) is 4.74 Å². The molecule has 1 aliphatic carbocycles. The van der Waals surface area contributed by atoms with Crippen LogP contribution in [0.5, 0.6) is 0 Å². The first-order valence-electron chi connectivity index (χ1n) is 3.01. The van der Waals surface area contributed by atoms with Crippen LogP contribution >= 0.6 is 0 Å². The van der Waals surface area contributed by atoms with E-state index in [0.717, 1.165) is 0 Å². The second-order valence-corrected chi connectivity index (χ2v) is 1.99. The molecule has 0 saturated carbocycles. The van der Waals surface area contributed by atoms with Crippen molar-refractivity contribution < 1.29 is 17.9 Å². The summed E-state index contributed by atoms with van der Waals surface area (Å²) < 4.78 is 38.3. The van der Waals surface area contributed by atoms with E-state index in [4.69, 9.17) is 0 Å². The molecule has 4 heteroatoms. The summed E-state index contributed by atoms with van der Waals surface area (Å²) in [7, 11) is 0. The number of alkyl halides is 3. The molecule has 0 N–H and O–H groups in total. The van der Waals surface area contributed by atoms with Crippen molar-refractivity contribution in [2.24, 2.45) is 0 Å². The smallest absolute Gasteiger partial charge is 0.284 e. The molecular formula is C7H6F3O. The molecule has 1 rings (SSSR count). The lowest BCUT2D eigenvalue weighted by Crippen LogP contribution is -2.22. The molecule has 0 aliphatic heterocycles. The topological polar surface area (TPSA) is 9.23 Å². The van der Waals surface area contributed by atoms with Crippen LogP contribution in [0.25, 0.3) is 0 Å². The first-order chi connectivity index (χ1) is 5.08. The third-order valence-corrected chi connectivity index (χ3v) is 1.09. The van der Waals surface area contributed by atoms with Gasteiger partial charge in [-0.3, -0.25) is 4.74 Å². The van der Waals surface area contributed by atoms with E-state index in [9.17, 15) is 13.2 Å². The normalized spacial score (nSPS) is 24.1. The summed E-state index contributed by atoms with van der Waals surface area (Å²) in [5.41, 5.74) is 0. The molecule has 61 valence electrons. The second-order valence-electron chi connectivity index (χ2n) is 1.99. The maximum absolute atomic E-state index is 11.5. The Morgan fingerprint density at radius 2 is 1.82 bits per heavy atom. The van der Waals surface area contributed by atoms with Gasteiger partial charge in [0.05, 0.1) is 6.10 Å². The molecule has 0 aromatic heterocycles. The first kappa shape index (κ1) is 8.33. The van der Waals surface area contributed by atoms with Crippen LogP contribution in [0, 0.1) is 6.42 Å². The molecule has 1 radical (unpaired) electrons. The van der Waals surface area contributed by atoms with Crippen LogP contribution in [0.2, 0.25) is 0 Å².